The van der Waals surface area contributed by atoms with E-state index in [9.17, 15) is 9.59 Å². The van der Waals surface area contributed by atoms with Crippen LogP contribution in [0.5, 0.6) is 0 Å². The summed E-state index contributed by atoms with van der Waals surface area (Å²) in [5.41, 5.74) is 0. The number of ether oxygens (including phenoxy) is 2. The van der Waals surface area contributed by atoms with Gasteiger partial charge in [0.05, 0.1) is 12.5 Å². The third kappa shape index (κ3) is 15.4. The van der Waals surface area contributed by atoms with Gasteiger partial charge in [-0.05, 0) is 19.3 Å². The van der Waals surface area contributed by atoms with Crippen molar-refractivity contribution in [3.63, 3.8) is 0 Å². The standard InChI is InChI=1S/C24H47NO4/c1-6-8-9-10-11-12-13-14-15-16-17-28-18-19-29-24(27)21(3)20-22(7-2)23(26)25(4)5/h21-22H,6-20H2,1-5H3. The summed E-state index contributed by atoms with van der Waals surface area (Å²) < 4.78 is 10.9. The van der Waals surface area contributed by atoms with E-state index in [1.54, 1.807) is 19.0 Å². The molecular weight excluding hydrogens is 366 g/mol. The van der Waals surface area contributed by atoms with E-state index in [2.05, 4.69) is 6.92 Å². The van der Waals surface area contributed by atoms with Gasteiger partial charge in [0.1, 0.15) is 6.61 Å². The number of carbonyl (C=O) groups is 2. The molecule has 0 radical (unpaired) electrons. The molecule has 5 heteroatoms. The molecule has 0 N–H and O–H groups in total. The zero-order valence-electron chi connectivity index (χ0n) is 19.8. The molecule has 0 aromatic carbocycles. The maximum Gasteiger partial charge on any atom is 0.308 e. The van der Waals surface area contributed by atoms with Crippen LogP contribution >= 0.6 is 0 Å². The highest BCUT2D eigenvalue weighted by molar-refractivity contribution is 5.79. The molecule has 0 aromatic heterocycles. The molecule has 172 valence electrons. The highest BCUT2D eigenvalue weighted by Gasteiger charge is 2.25. The number of unbranched alkanes of at least 4 members (excludes halogenated alkanes) is 9. The number of amides is 1. The van der Waals surface area contributed by atoms with Crippen molar-refractivity contribution in [3.05, 3.63) is 0 Å². The molecule has 29 heavy (non-hydrogen) atoms. The maximum atomic E-state index is 12.1. The van der Waals surface area contributed by atoms with Gasteiger partial charge >= 0.3 is 5.97 Å². The van der Waals surface area contributed by atoms with Gasteiger partial charge in [0.25, 0.3) is 0 Å². The normalized spacial score (nSPS) is 13.1. The third-order valence-electron chi connectivity index (χ3n) is 5.44. The Morgan fingerprint density at radius 2 is 1.34 bits per heavy atom. The zero-order chi connectivity index (χ0) is 21.9. The largest absolute Gasteiger partial charge is 0.463 e. The minimum atomic E-state index is -0.272. The van der Waals surface area contributed by atoms with Gasteiger partial charge in [-0.15, -0.1) is 0 Å². The summed E-state index contributed by atoms with van der Waals surface area (Å²) in [5.74, 6) is -0.560. The Balaban J connectivity index is 3.58. The minimum Gasteiger partial charge on any atom is -0.463 e. The number of hydrogen-bond acceptors (Lipinski definition) is 4. The molecule has 0 aliphatic rings. The van der Waals surface area contributed by atoms with Gasteiger partial charge in [-0.25, -0.2) is 0 Å². The first-order chi connectivity index (χ1) is 13.9. The number of nitrogens with zero attached hydrogens (tertiary/aromatic N) is 1. The molecular formula is C24H47NO4. The summed E-state index contributed by atoms with van der Waals surface area (Å²) in [5, 5.41) is 0. The topological polar surface area (TPSA) is 55.8 Å². The van der Waals surface area contributed by atoms with E-state index < -0.39 is 0 Å². The van der Waals surface area contributed by atoms with Crippen molar-refractivity contribution >= 4 is 11.9 Å². The summed E-state index contributed by atoms with van der Waals surface area (Å²) >= 11 is 0. The van der Waals surface area contributed by atoms with Crippen LogP contribution in [0.2, 0.25) is 0 Å². The molecule has 1 amide bonds. The Bertz CT molecular complexity index is 412. The van der Waals surface area contributed by atoms with E-state index in [1.165, 1.54) is 57.8 Å². The van der Waals surface area contributed by atoms with Crippen molar-refractivity contribution in [3.8, 4) is 0 Å². The van der Waals surface area contributed by atoms with Crippen LogP contribution in [0.1, 0.15) is 97.8 Å². The van der Waals surface area contributed by atoms with Crippen molar-refractivity contribution < 1.29 is 19.1 Å². The van der Waals surface area contributed by atoms with E-state index in [4.69, 9.17) is 9.47 Å². The molecule has 0 bridgehead atoms. The van der Waals surface area contributed by atoms with Gasteiger partial charge in [0.15, 0.2) is 0 Å². The molecule has 5 nitrogen and oxygen atoms in total. The lowest BCUT2D eigenvalue weighted by molar-refractivity contribution is -0.150. The van der Waals surface area contributed by atoms with Gasteiger partial charge in [0, 0.05) is 26.6 Å². The average molecular weight is 414 g/mol. The summed E-state index contributed by atoms with van der Waals surface area (Å²) in [4.78, 5) is 25.8. The van der Waals surface area contributed by atoms with Gasteiger partial charge in [-0.1, -0.05) is 78.6 Å². The quantitative estimate of drug-likeness (QED) is 0.204. The number of esters is 1. The van der Waals surface area contributed by atoms with Crippen LogP contribution < -0.4 is 0 Å². The lowest BCUT2D eigenvalue weighted by Gasteiger charge is -2.21. The molecule has 2 unspecified atom stereocenters. The van der Waals surface area contributed by atoms with Crippen LogP contribution in [-0.2, 0) is 19.1 Å². The van der Waals surface area contributed by atoms with Crippen molar-refractivity contribution in [2.75, 3.05) is 33.9 Å². The number of carbonyl (C=O) groups excluding carboxylic acids is 2. The minimum absolute atomic E-state index is 0.0759. The van der Waals surface area contributed by atoms with E-state index in [-0.39, 0.29) is 23.7 Å². The molecule has 2 atom stereocenters. The number of hydrogen-bond donors (Lipinski definition) is 0. The van der Waals surface area contributed by atoms with Crippen molar-refractivity contribution in [1.82, 2.24) is 4.90 Å². The summed E-state index contributed by atoms with van der Waals surface area (Å²) in [7, 11) is 3.50. The van der Waals surface area contributed by atoms with Gasteiger partial charge in [0.2, 0.25) is 5.91 Å². The Morgan fingerprint density at radius 3 is 1.86 bits per heavy atom. The van der Waals surface area contributed by atoms with Crippen molar-refractivity contribution in [1.29, 1.82) is 0 Å². The summed E-state index contributed by atoms with van der Waals surface area (Å²) in [6, 6.07) is 0. The second kappa shape index (κ2) is 18.9. The fraction of sp³-hybridized carbons (Fsp3) is 0.917. The molecule has 0 saturated carbocycles. The Hall–Kier alpha value is -1.10. The SMILES string of the molecule is CCCCCCCCCCCCOCCOC(=O)C(C)CC(CC)C(=O)N(C)C. The first kappa shape index (κ1) is 27.9. The average Bonchev–Trinajstić information content (AvgIpc) is 2.71. The van der Waals surface area contributed by atoms with E-state index in [0.29, 0.717) is 19.6 Å². The predicted molar refractivity (Wildman–Crippen MR) is 120 cm³/mol. The maximum absolute atomic E-state index is 12.1. The molecule has 0 aromatic rings. The van der Waals surface area contributed by atoms with Crippen LogP contribution in [0.3, 0.4) is 0 Å². The monoisotopic (exact) mass is 413 g/mol. The van der Waals surface area contributed by atoms with Crippen molar-refractivity contribution in [2.24, 2.45) is 11.8 Å². The first-order valence-electron chi connectivity index (χ1n) is 11.9. The van der Waals surface area contributed by atoms with Crippen molar-refractivity contribution in [2.45, 2.75) is 97.8 Å². The van der Waals surface area contributed by atoms with Crippen LogP contribution in [0.15, 0.2) is 0 Å². The second-order valence-electron chi connectivity index (χ2n) is 8.44. The second-order valence-corrected chi connectivity index (χ2v) is 8.44. The molecule has 0 aliphatic carbocycles. The molecule has 0 fully saturated rings. The van der Waals surface area contributed by atoms with Crippen LogP contribution in [0.4, 0.5) is 0 Å². The summed E-state index contributed by atoms with van der Waals surface area (Å²) in [6.07, 6.45) is 14.4. The molecule has 0 saturated heterocycles. The lowest BCUT2D eigenvalue weighted by atomic mass is 9.92. The zero-order valence-corrected chi connectivity index (χ0v) is 19.8. The third-order valence-corrected chi connectivity index (χ3v) is 5.44. The van der Waals surface area contributed by atoms with Gasteiger partial charge in [-0.2, -0.15) is 0 Å². The molecule has 0 rings (SSSR count). The first-order valence-corrected chi connectivity index (χ1v) is 11.9. The smallest absolute Gasteiger partial charge is 0.308 e. The van der Waals surface area contributed by atoms with Gasteiger partial charge in [-0.3, -0.25) is 9.59 Å². The predicted octanol–water partition coefficient (Wildman–Crippen LogP) is 5.61. The molecule has 0 heterocycles. The fourth-order valence-corrected chi connectivity index (χ4v) is 3.47. The molecule has 0 spiro atoms. The Morgan fingerprint density at radius 1 is 0.793 bits per heavy atom. The highest BCUT2D eigenvalue weighted by atomic mass is 16.6. The lowest BCUT2D eigenvalue weighted by Crippen LogP contribution is -2.32. The van der Waals surface area contributed by atoms with Crippen LogP contribution in [-0.4, -0.2) is 50.7 Å². The fourth-order valence-electron chi connectivity index (χ4n) is 3.47. The Labute approximate surface area is 179 Å². The van der Waals surface area contributed by atoms with Gasteiger partial charge < -0.3 is 14.4 Å². The van der Waals surface area contributed by atoms with E-state index in [0.717, 1.165) is 19.4 Å². The van der Waals surface area contributed by atoms with E-state index in [1.807, 2.05) is 13.8 Å². The van der Waals surface area contributed by atoms with Crippen LogP contribution in [0.25, 0.3) is 0 Å². The molecule has 0 aliphatic heterocycles. The summed E-state index contributed by atoms with van der Waals surface area (Å²) in [6.45, 7) is 7.54. The Kier molecular flexibility index (Phi) is 18.2. The van der Waals surface area contributed by atoms with Crippen LogP contribution in [0, 0.1) is 11.8 Å². The number of rotatable bonds is 19. The highest BCUT2D eigenvalue weighted by Crippen LogP contribution is 2.18. The van der Waals surface area contributed by atoms with E-state index >= 15 is 0 Å².